The summed E-state index contributed by atoms with van der Waals surface area (Å²) in [5, 5.41) is 9.23. The van der Waals surface area contributed by atoms with Crippen molar-refractivity contribution in [3.05, 3.63) is 53.5 Å². The van der Waals surface area contributed by atoms with E-state index >= 15 is 0 Å². The van der Waals surface area contributed by atoms with E-state index in [9.17, 15) is 0 Å². The molecular weight excluding hydrogens is 260 g/mol. The molecule has 19 heavy (non-hydrogen) atoms. The van der Waals surface area contributed by atoms with E-state index in [0.717, 1.165) is 22.3 Å². The van der Waals surface area contributed by atoms with Crippen molar-refractivity contribution in [1.29, 1.82) is 0 Å². The van der Waals surface area contributed by atoms with Crippen LogP contribution in [-0.4, -0.2) is 20.0 Å². The van der Waals surface area contributed by atoms with Gasteiger partial charge in [0.05, 0.1) is 29.8 Å². The Morgan fingerprint density at radius 3 is 2.89 bits per heavy atom. The Labute approximate surface area is 116 Å². The van der Waals surface area contributed by atoms with E-state index in [-0.39, 0.29) is 0 Å². The number of fused-ring (bicyclic) bond motifs is 1. The molecule has 0 saturated heterocycles. The van der Waals surface area contributed by atoms with Gasteiger partial charge < -0.3 is 0 Å². The average Bonchev–Trinajstić information content (AvgIpc) is 2.86. The first-order valence-corrected chi connectivity index (χ1v) is 6.60. The van der Waals surface area contributed by atoms with E-state index in [0.29, 0.717) is 12.4 Å². The lowest BCUT2D eigenvalue weighted by atomic mass is 10.1. The first kappa shape index (κ1) is 12.1. The maximum absolute atomic E-state index is 5.74. The zero-order valence-electron chi connectivity index (χ0n) is 10.5. The lowest BCUT2D eigenvalue weighted by molar-refractivity contribution is 0.651. The van der Waals surface area contributed by atoms with Gasteiger partial charge in [-0.25, -0.2) is 4.68 Å². The van der Waals surface area contributed by atoms with E-state index < -0.39 is 0 Å². The Morgan fingerprint density at radius 1 is 1.26 bits per heavy atom. The van der Waals surface area contributed by atoms with Crippen molar-refractivity contribution in [2.75, 3.05) is 0 Å². The smallest absolute Gasteiger partial charge is 0.0974 e. The van der Waals surface area contributed by atoms with Gasteiger partial charge in [-0.15, -0.1) is 16.7 Å². The third kappa shape index (κ3) is 2.44. The highest BCUT2D eigenvalue weighted by atomic mass is 35.5. The quantitative estimate of drug-likeness (QED) is 0.689. The minimum absolute atomic E-state index is 0.385. The Kier molecular flexibility index (Phi) is 3.17. The predicted octanol–water partition coefficient (Wildman–Crippen LogP) is 2.92. The molecule has 96 valence electrons. The molecule has 0 spiro atoms. The monoisotopic (exact) mass is 272 g/mol. The molecule has 0 amide bonds. The number of aromatic nitrogens is 4. The maximum Gasteiger partial charge on any atom is 0.0974 e. The Morgan fingerprint density at radius 2 is 2.11 bits per heavy atom. The summed E-state index contributed by atoms with van der Waals surface area (Å²) >= 11 is 5.74. The summed E-state index contributed by atoms with van der Waals surface area (Å²) in [5.74, 6) is 0.385. The summed E-state index contributed by atoms with van der Waals surface area (Å²) in [5.41, 5.74) is 3.99. The van der Waals surface area contributed by atoms with E-state index in [2.05, 4.69) is 27.4 Å². The van der Waals surface area contributed by atoms with E-state index in [1.165, 1.54) is 5.56 Å². The molecule has 0 atom stereocenters. The number of para-hydroxylation sites is 1. The molecule has 0 fully saturated rings. The lowest BCUT2D eigenvalue weighted by Gasteiger charge is -2.07. The molecule has 2 heterocycles. The van der Waals surface area contributed by atoms with Crippen LogP contribution in [0.4, 0.5) is 0 Å². The third-order valence-electron chi connectivity index (χ3n) is 2.99. The van der Waals surface area contributed by atoms with Gasteiger partial charge in [0, 0.05) is 11.1 Å². The zero-order valence-corrected chi connectivity index (χ0v) is 11.3. The first-order valence-electron chi connectivity index (χ1n) is 6.06. The van der Waals surface area contributed by atoms with Gasteiger partial charge in [0.25, 0.3) is 0 Å². The molecular formula is C14H13ClN4. The SMILES string of the molecule is Cc1cc(Cn2cc(CCl)nn2)c2ccccc2n1. The summed E-state index contributed by atoms with van der Waals surface area (Å²) in [4.78, 5) is 4.53. The molecule has 0 aliphatic carbocycles. The molecule has 3 aromatic rings. The van der Waals surface area contributed by atoms with Crippen LogP contribution in [-0.2, 0) is 12.4 Å². The van der Waals surface area contributed by atoms with Crippen LogP contribution >= 0.6 is 11.6 Å². The summed E-state index contributed by atoms with van der Waals surface area (Å²) in [6, 6.07) is 10.2. The number of alkyl halides is 1. The molecule has 5 heteroatoms. The number of rotatable bonds is 3. The third-order valence-corrected chi connectivity index (χ3v) is 3.26. The topological polar surface area (TPSA) is 43.6 Å². The molecule has 4 nitrogen and oxygen atoms in total. The number of halogens is 1. The summed E-state index contributed by atoms with van der Waals surface area (Å²) in [6.45, 7) is 2.68. The maximum atomic E-state index is 5.74. The van der Waals surface area contributed by atoms with Crippen LogP contribution in [0.5, 0.6) is 0 Å². The highest BCUT2D eigenvalue weighted by molar-refractivity contribution is 6.16. The summed E-state index contributed by atoms with van der Waals surface area (Å²) < 4.78 is 1.80. The van der Waals surface area contributed by atoms with E-state index in [4.69, 9.17) is 11.6 Å². The molecule has 2 aromatic heterocycles. The number of pyridine rings is 1. The Balaban J connectivity index is 2.04. The number of nitrogens with zero attached hydrogens (tertiary/aromatic N) is 4. The van der Waals surface area contributed by atoms with Gasteiger partial charge in [-0.3, -0.25) is 4.98 Å². The molecule has 0 unspecified atom stereocenters. The molecule has 0 saturated carbocycles. The highest BCUT2D eigenvalue weighted by Crippen LogP contribution is 2.19. The molecule has 0 N–H and O–H groups in total. The van der Waals surface area contributed by atoms with Gasteiger partial charge in [-0.1, -0.05) is 23.4 Å². The van der Waals surface area contributed by atoms with E-state index in [1.54, 1.807) is 4.68 Å². The predicted molar refractivity (Wildman–Crippen MR) is 75.2 cm³/mol. The van der Waals surface area contributed by atoms with E-state index in [1.807, 2.05) is 31.3 Å². The number of hydrogen-bond donors (Lipinski definition) is 0. The summed E-state index contributed by atoms with van der Waals surface area (Å²) in [6.07, 6.45) is 1.87. The van der Waals surface area contributed by atoms with Crippen molar-refractivity contribution in [1.82, 2.24) is 20.0 Å². The van der Waals surface area contributed by atoms with Gasteiger partial charge >= 0.3 is 0 Å². The van der Waals surface area contributed by atoms with Gasteiger partial charge in [-0.05, 0) is 24.6 Å². The fourth-order valence-electron chi connectivity index (χ4n) is 2.18. The van der Waals surface area contributed by atoms with Gasteiger partial charge in [0.1, 0.15) is 0 Å². The van der Waals surface area contributed by atoms with Crippen LogP contribution in [0.15, 0.2) is 36.5 Å². The summed E-state index contributed by atoms with van der Waals surface area (Å²) in [7, 11) is 0. The molecule has 1 aromatic carbocycles. The van der Waals surface area contributed by atoms with Crippen molar-refractivity contribution in [2.24, 2.45) is 0 Å². The van der Waals surface area contributed by atoms with Gasteiger partial charge in [0.2, 0.25) is 0 Å². The fourth-order valence-corrected chi connectivity index (χ4v) is 2.30. The highest BCUT2D eigenvalue weighted by Gasteiger charge is 2.06. The number of aryl methyl sites for hydroxylation is 1. The number of benzene rings is 1. The van der Waals surface area contributed by atoms with Crippen molar-refractivity contribution >= 4 is 22.5 Å². The second-order valence-corrected chi connectivity index (χ2v) is 4.75. The Bertz CT molecular complexity index is 720. The van der Waals surface area contributed by atoms with Crippen LogP contribution in [0.1, 0.15) is 17.0 Å². The minimum Gasteiger partial charge on any atom is -0.253 e. The van der Waals surface area contributed by atoms with Crippen LogP contribution < -0.4 is 0 Å². The van der Waals surface area contributed by atoms with Crippen LogP contribution in [0.3, 0.4) is 0 Å². The molecule has 0 radical (unpaired) electrons. The van der Waals surface area contributed by atoms with Crippen molar-refractivity contribution < 1.29 is 0 Å². The second-order valence-electron chi connectivity index (χ2n) is 4.48. The van der Waals surface area contributed by atoms with Gasteiger partial charge in [0.15, 0.2) is 0 Å². The normalized spacial score (nSPS) is 11.1. The van der Waals surface area contributed by atoms with Gasteiger partial charge in [-0.2, -0.15) is 0 Å². The first-order chi connectivity index (χ1) is 9.26. The second kappa shape index (κ2) is 4.97. The van der Waals surface area contributed by atoms with Crippen LogP contribution in [0.25, 0.3) is 10.9 Å². The fraction of sp³-hybridized carbons (Fsp3) is 0.214. The minimum atomic E-state index is 0.385. The zero-order chi connectivity index (χ0) is 13.2. The average molecular weight is 273 g/mol. The molecule has 0 bridgehead atoms. The number of hydrogen-bond acceptors (Lipinski definition) is 3. The van der Waals surface area contributed by atoms with Crippen molar-refractivity contribution in [3.63, 3.8) is 0 Å². The molecule has 0 aliphatic rings. The largest absolute Gasteiger partial charge is 0.253 e. The van der Waals surface area contributed by atoms with Crippen LogP contribution in [0, 0.1) is 6.92 Å². The molecule has 3 rings (SSSR count). The molecule has 0 aliphatic heterocycles. The lowest BCUT2D eigenvalue weighted by Crippen LogP contribution is -2.02. The van der Waals surface area contributed by atoms with Crippen molar-refractivity contribution in [2.45, 2.75) is 19.3 Å². The Hall–Kier alpha value is -1.94. The van der Waals surface area contributed by atoms with Crippen molar-refractivity contribution in [3.8, 4) is 0 Å². The van der Waals surface area contributed by atoms with Crippen LogP contribution in [0.2, 0.25) is 0 Å². The standard InChI is InChI=1S/C14H13ClN4/c1-10-6-11(8-19-9-12(7-15)17-18-19)13-4-2-3-5-14(13)16-10/h2-6,9H,7-8H2,1H3.